The molecule has 0 bridgehead atoms. The van der Waals surface area contributed by atoms with Gasteiger partial charge in [-0.05, 0) is 49.2 Å². The first-order valence-electron chi connectivity index (χ1n) is 5.83. The first kappa shape index (κ1) is 13.4. The first-order chi connectivity index (χ1) is 7.72. The molecular formula is C13H22N2S. The molecule has 3 heteroatoms. The predicted molar refractivity (Wildman–Crippen MR) is 74.8 cm³/mol. The lowest BCUT2D eigenvalue weighted by Crippen LogP contribution is -2.19. The summed E-state index contributed by atoms with van der Waals surface area (Å²) in [7, 11) is 2.17. The highest BCUT2D eigenvalue weighted by molar-refractivity contribution is 7.99. The Bertz CT molecular complexity index is 302. The van der Waals surface area contributed by atoms with Gasteiger partial charge in [-0.2, -0.15) is 11.8 Å². The van der Waals surface area contributed by atoms with E-state index in [1.54, 1.807) is 0 Å². The number of nitrogens with two attached hydrogens (primary N) is 1. The van der Waals surface area contributed by atoms with Crippen molar-refractivity contribution in [1.29, 1.82) is 0 Å². The van der Waals surface area contributed by atoms with Crippen molar-refractivity contribution in [1.82, 2.24) is 4.90 Å². The SMILES string of the molecule is CCSCCCN(C)Cc1cccc(N)c1. The Hall–Kier alpha value is -0.670. The van der Waals surface area contributed by atoms with Gasteiger partial charge in [0.05, 0.1) is 0 Å². The number of thioether (sulfide) groups is 1. The van der Waals surface area contributed by atoms with E-state index in [1.807, 2.05) is 23.9 Å². The topological polar surface area (TPSA) is 29.3 Å². The molecule has 2 N–H and O–H groups in total. The second-order valence-corrected chi connectivity index (χ2v) is 5.43. The van der Waals surface area contributed by atoms with Gasteiger partial charge >= 0.3 is 0 Å². The molecule has 1 aromatic rings. The van der Waals surface area contributed by atoms with Crippen molar-refractivity contribution < 1.29 is 0 Å². The van der Waals surface area contributed by atoms with E-state index >= 15 is 0 Å². The monoisotopic (exact) mass is 238 g/mol. The molecule has 0 radical (unpaired) electrons. The van der Waals surface area contributed by atoms with Gasteiger partial charge in [0.15, 0.2) is 0 Å². The van der Waals surface area contributed by atoms with E-state index < -0.39 is 0 Å². The van der Waals surface area contributed by atoms with E-state index in [9.17, 15) is 0 Å². The van der Waals surface area contributed by atoms with Crippen LogP contribution < -0.4 is 5.73 Å². The van der Waals surface area contributed by atoms with Crippen molar-refractivity contribution in [3.63, 3.8) is 0 Å². The molecule has 1 rings (SSSR count). The van der Waals surface area contributed by atoms with Gasteiger partial charge in [-0.3, -0.25) is 0 Å². The molecule has 0 saturated carbocycles. The summed E-state index contributed by atoms with van der Waals surface area (Å²) in [6, 6.07) is 8.14. The summed E-state index contributed by atoms with van der Waals surface area (Å²) in [6.45, 7) is 4.35. The Labute approximate surface area is 103 Å². The van der Waals surface area contributed by atoms with Gasteiger partial charge in [0.25, 0.3) is 0 Å². The van der Waals surface area contributed by atoms with Crippen LogP contribution in [0.15, 0.2) is 24.3 Å². The van der Waals surface area contributed by atoms with Gasteiger partial charge in [-0.1, -0.05) is 19.1 Å². The van der Waals surface area contributed by atoms with Crippen molar-refractivity contribution in [3.05, 3.63) is 29.8 Å². The zero-order valence-corrected chi connectivity index (χ0v) is 11.1. The van der Waals surface area contributed by atoms with Crippen LogP contribution in [0, 0.1) is 0 Å². The number of hydrogen-bond acceptors (Lipinski definition) is 3. The predicted octanol–water partition coefficient (Wildman–Crippen LogP) is 2.84. The Morgan fingerprint density at radius 1 is 1.38 bits per heavy atom. The maximum atomic E-state index is 5.75. The van der Waals surface area contributed by atoms with E-state index in [-0.39, 0.29) is 0 Å². The van der Waals surface area contributed by atoms with Crippen LogP contribution in [0.4, 0.5) is 5.69 Å². The lowest BCUT2D eigenvalue weighted by molar-refractivity contribution is 0.328. The van der Waals surface area contributed by atoms with Crippen LogP contribution in [0.3, 0.4) is 0 Å². The van der Waals surface area contributed by atoms with Crippen LogP contribution >= 0.6 is 11.8 Å². The zero-order valence-electron chi connectivity index (χ0n) is 10.3. The van der Waals surface area contributed by atoms with Crippen LogP contribution in [0.2, 0.25) is 0 Å². The molecule has 0 aliphatic carbocycles. The minimum absolute atomic E-state index is 0.854. The largest absolute Gasteiger partial charge is 0.399 e. The molecule has 90 valence electrons. The van der Waals surface area contributed by atoms with Gasteiger partial charge in [0.1, 0.15) is 0 Å². The molecule has 0 atom stereocenters. The number of rotatable bonds is 7. The first-order valence-corrected chi connectivity index (χ1v) is 6.98. The average Bonchev–Trinajstić information content (AvgIpc) is 2.24. The fourth-order valence-electron chi connectivity index (χ4n) is 1.66. The molecule has 1 aromatic carbocycles. The van der Waals surface area contributed by atoms with E-state index in [0.717, 1.165) is 18.8 Å². The molecular weight excluding hydrogens is 216 g/mol. The molecule has 0 heterocycles. The Balaban J connectivity index is 2.25. The van der Waals surface area contributed by atoms with Crippen LogP contribution in [0.5, 0.6) is 0 Å². The Morgan fingerprint density at radius 3 is 2.88 bits per heavy atom. The third-order valence-corrected chi connectivity index (χ3v) is 3.42. The van der Waals surface area contributed by atoms with Gasteiger partial charge in [-0.15, -0.1) is 0 Å². The Morgan fingerprint density at radius 2 is 2.19 bits per heavy atom. The maximum Gasteiger partial charge on any atom is 0.0317 e. The smallest absolute Gasteiger partial charge is 0.0317 e. The number of hydrogen-bond donors (Lipinski definition) is 1. The summed E-state index contributed by atoms with van der Waals surface area (Å²) in [4.78, 5) is 2.35. The highest BCUT2D eigenvalue weighted by Crippen LogP contribution is 2.09. The van der Waals surface area contributed by atoms with Crippen molar-refractivity contribution in [2.75, 3.05) is 30.8 Å². The average molecular weight is 238 g/mol. The van der Waals surface area contributed by atoms with Crippen molar-refractivity contribution in [2.24, 2.45) is 0 Å². The minimum atomic E-state index is 0.854. The lowest BCUT2D eigenvalue weighted by Gasteiger charge is -2.16. The van der Waals surface area contributed by atoms with Gasteiger partial charge < -0.3 is 10.6 Å². The molecule has 2 nitrogen and oxygen atoms in total. The van der Waals surface area contributed by atoms with Crippen molar-refractivity contribution in [2.45, 2.75) is 19.9 Å². The maximum absolute atomic E-state index is 5.75. The van der Waals surface area contributed by atoms with Gasteiger partial charge in [0.2, 0.25) is 0 Å². The lowest BCUT2D eigenvalue weighted by atomic mass is 10.2. The van der Waals surface area contributed by atoms with Crippen molar-refractivity contribution in [3.8, 4) is 0 Å². The van der Waals surface area contributed by atoms with Gasteiger partial charge in [-0.25, -0.2) is 0 Å². The third kappa shape index (κ3) is 5.42. The second kappa shape index (κ2) is 7.58. The highest BCUT2D eigenvalue weighted by atomic mass is 32.2. The summed E-state index contributed by atoms with van der Waals surface area (Å²) in [5.74, 6) is 2.48. The molecule has 0 aromatic heterocycles. The summed E-state index contributed by atoms with van der Waals surface area (Å²) in [5, 5.41) is 0. The van der Waals surface area contributed by atoms with E-state index in [4.69, 9.17) is 5.73 Å². The molecule has 0 saturated heterocycles. The molecule has 0 aliphatic heterocycles. The molecule has 0 unspecified atom stereocenters. The Kier molecular flexibility index (Phi) is 6.34. The summed E-state index contributed by atoms with van der Waals surface area (Å²) in [6.07, 6.45) is 1.26. The number of benzene rings is 1. The minimum Gasteiger partial charge on any atom is -0.399 e. The molecule has 0 spiro atoms. The van der Waals surface area contributed by atoms with Crippen LogP contribution in [-0.2, 0) is 6.54 Å². The molecule has 16 heavy (non-hydrogen) atoms. The third-order valence-electron chi connectivity index (χ3n) is 2.44. The number of anilines is 1. The van der Waals surface area contributed by atoms with E-state index in [0.29, 0.717) is 0 Å². The molecule has 0 fully saturated rings. The van der Waals surface area contributed by atoms with E-state index in [1.165, 1.54) is 23.5 Å². The zero-order chi connectivity index (χ0) is 11.8. The van der Waals surface area contributed by atoms with Gasteiger partial charge in [0, 0.05) is 12.2 Å². The summed E-state index contributed by atoms with van der Waals surface area (Å²) < 4.78 is 0. The fourth-order valence-corrected chi connectivity index (χ4v) is 2.28. The van der Waals surface area contributed by atoms with Crippen LogP contribution in [-0.4, -0.2) is 30.0 Å². The normalized spacial score (nSPS) is 10.9. The molecule has 0 amide bonds. The van der Waals surface area contributed by atoms with Crippen molar-refractivity contribution >= 4 is 17.4 Å². The quantitative estimate of drug-likeness (QED) is 0.585. The number of nitrogens with zero attached hydrogens (tertiary/aromatic N) is 1. The second-order valence-electron chi connectivity index (χ2n) is 4.03. The summed E-state index contributed by atoms with van der Waals surface area (Å²) in [5.41, 5.74) is 7.90. The fraction of sp³-hybridized carbons (Fsp3) is 0.538. The van der Waals surface area contributed by atoms with Crippen LogP contribution in [0.25, 0.3) is 0 Å². The highest BCUT2D eigenvalue weighted by Gasteiger charge is 2.00. The molecule has 0 aliphatic rings. The van der Waals surface area contributed by atoms with E-state index in [2.05, 4.69) is 31.0 Å². The van der Waals surface area contributed by atoms with Crippen LogP contribution in [0.1, 0.15) is 18.9 Å². The standard InChI is InChI=1S/C13H22N2S/c1-3-16-9-5-8-15(2)11-12-6-4-7-13(14)10-12/h4,6-7,10H,3,5,8-9,11,14H2,1-2H3. The summed E-state index contributed by atoms with van der Waals surface area (Å²) >= 11 is 2.01. The number of nitrogen functional groups attached to an aromatic ring is 1.